The Morgan fingerprint density at radius 2 is 1.74 bits per heavy atom. The van der Waals surface area contributed by atoms with E-state index in [4.69, 9.17) is 25.9 Å². The smallest absolute Gasteiger partial charge is 0.265 e. The summed E-state index contributed by atoms with van der Waals surface area (Å²) in [6.07, 6.45) is 1.52. The van der Waals surface area contributed by atoms with Crippen LogP contribution in [0, 0.1) is 0 Å². The highest BCUT2D eigenvalue weighted by atomic mass is 35.5. The van der Waals surface area contributed by atoms with E-state index in [2.05, 4.69) is 34.7 Å². The summed E-state index contributed by atoms with van der Waals surface area (Å²) in [6.45, 7) is 2.61. The number of halogens is 1. The van der Waals surface area contributed by atoms with Gasteiger partial charge in [0.15, 0.2) is 18.1 Å². The normalized spacial score (nSPS) is 10.9. The average Bonchev–Trinajstić information content (AvgIpc) is 2.88. The van der Waals surface area contributed by atoms with Crippen molar-refractivity contribution in [3.05, 3.63) is 101 Å². The molecule has 4 aromatic carbocycles. The molecule has 0 atom stereocenters. The number of ether oxygens (including phenoxy) is 2. The number of carbonyl (C=O) groups excluding carboxylic acids is 1. The van der Waals surface area contributed by atoms with E-state index in [0.29, 0.717) is 35.4 Å². The standard InChI is InChI=1S/C28H25ClN2O4/c1-2-33-27-16-20(17-30-35-19-28(32)31-24-13-11-23(29)12-14-24)10-15-26(27)34-18-22-8-5-7-21-6-3-4-9-25(21)22/h3-17H,2,18-19H2,1H3,(H,31,32)/b30-17+. The average molecular weight is 489 g/mol. The Morgan fingerprint density at radius 3 is 2.57 bits per heavy atom. The maximum Gasteiger partial charge on any atom is 0.265 e. The van der Waals surface area contributed by atoms with Crippen molar-refractivity contribution in [1.82, 2.24) is 0 Å². The summed E-state index contributed by atoms with van der Waals surface area (Å²) in [7, 11) is 0. The summed E-state index contributed by atoms with van der Waals surface area (Å²) in [5.74, 6) is 0.925. The molecule has 0 aromatic heterocycles. The summed E-state index contributed by atoms with van der Waals surface area (Å²) in [5.41, 5.74) is 2.48. The predicted molar refractivity (Wildman–Crippen MR) is 140 cm³/mol. The first-order valence-corrected chi connectivity index (χ1v) is 11.6. The monoisotopic (exact) mass is 488 g/mol. The van der Waals surface area contributed by atoms with E-state index >= 15 is 0 Å². The second-order valence-corrected chi connectivity index (χ2v) is 8.07. The van der Waals surface area contributed by atoms with Crippen molar-refractivity contribution in [2.45, 2.75) is 13.5 Å². The molecule has 0 aliphatic heterocycles. The molecule has 35 heavy (non-hydrogen) atoms. The van der Waals surface area contributed by atoms with Crippen LogP contribution in [-0.4, -0.2) is 25.3 Å². The summed E-state index contributed by atoms with van der Waals surface area (Å²) in [6, 6.07) is 26.7. The molecule has 178 valence electrons. The fourth-order valence-electron chi connectivity index (χ4n) is 3.49. The van der Waals surface area contributed by atoms with Crippen LogP contribution < -0.4 is 14.8 Å². The molecule has 0 radical (unpaired) electrons. The second-order valence-electron chi connectivity index (χ2n) is 7.63. The van der Waals surface area contributed by atoms with Crippen LogP contribution in [-0.2, 0) is 16.2 Å². The molecule has 0 aliphatic carbocycles. The van der Waals surface area contributed by atoms with Gasteiger partial charge in [-0.1, -0.05) is 59.2 Å². The first-order chi connectivity index (χ1) is 17.1. The van der Waals surface area contributed by atoms with E-state index in [1.54, 1.807) is 24.3 Å². The number of hydrogen-bond donors (Lipinski definition) is 1. The topological polar surface area (TPSA) is 69.2 Å². The van der Waals surface area contributed by atoms with E-state index in [9.17, 15) is 4.79 Å². The van der Waals surface area contributed by atoms with Gasteiger partial charge in [-0.2, -0.15) is 0 Å². The highest BCUT2D eigenvalue weighted by Crippen LogP contribution is 2.30. The van der Waals surface area contributed by atoms with E-state index in [-0.39, 0.29) is 12.5 Å². The van der Waals surface area contributed by atoms with E-state index in [0.717, 1.165) is 16.5 Å². The van der Waals surface area contributed by atoms with Crippen molar-refractivity contribution in [2.24, 2.45) is 5.16 Å². The van der Waals surface area contributed by atoms with Crippen LogP contribution in [0.4, 0.5) is 5.69 Å². The Kier molecular flexibility index (Phi) is 8.20. The molecule has 4 rings (SSSR count). The number of anilines is 1. The van der Waals surface area contributed by atoms with Crippen molar-refractivity contribution in [1.29, 1.82) is 0 Å². The van der Waals surface area contributed by atoms with Crippen LogP contribution in [0.5, 0.6) is 11.5 Å². The Labute approximate surface area is 209 Å². The first kappa shape index (κ1) is 24.1. The van der Waals surface area contributed by atoms with Gasteiger partial charge in [-0.3, -0.25) is 4.79 Å². The van der Waals surface area contributed by atoms with Crippen molar-refractivity contribution in [2.75, 3.05) is 18.5 Å². The van der Waals surface area contributed by atoms with Gasteiger partial charge in [-0.05, 0) is 65.7 Å². The number of benzene rings is 4. The molecule has 0 aliphatic rings. The third-order valence-corrected chi connectivity index (χ3v) is 5.38. The molecule has 0 heterocycles. The largest absolute Gasteiger partial charge is 0.490 e. The molecule has 0 fully saturated rings. The number of amides is 1. The number of rotatable bonds is 10. The van der Waals surface area contributed by atoms with Crippen LogP contribution in [0.15, 0.2) is 90.1 Å². The van der Waals surface area contributed by atoms with Gasteiger partial charge in [-0.15, -0.1) is 0 Å². The van der Waals surface area contributed by atoms with Crippen LogP contribution in [0.25, 0.3) is 10.8 Å². The molecule has 6 nitrogen and oxygen atoms in total. The maximum absolute atomic E-state index is 12.0. The lowest BCUT2D eigenvalue weighted by molar-refractivity contribution is -0.120. The van der Waals surface area contributed by atoms with Crippen LogP contribution in [0.2, 0.25) is 5.02 Å². The minimum absolute atomic E-state index is 0.219. The first-order valence-electron chi connectivity index (χ1n) is 11.2. The Bertz CT molecular complexity index is 1320. The quantitative estimate of drug-likeness (QED) is 0.205. The van der Waals surface area contributed by atoms with E-state index in [1.165, 1.54) is 11.6 Å². The lowest BCUT2D eigenvalue weighted by Crippen LogP contribution is -2.16. The molecule has 0 spiro atoms. The number of hydrogen-bond acceptors (Lipinski definition) is 5. The van der Waals surface area contributed by atoms with E-state index < -0.39 is 0 Å². The minimum Gasteiger partial charge on any atom is -0.490 e. The van der Waals surface area contributed by atoms with Crippen LogP contribution >= 0.6 is 11.6 Å². The van der Waals surface area contributed by atoms with Crippen molar-refractivity contribution >= 4 is 40.2 Å². The molecule has 0 unspecified atom stereocenters. The highest BCUT2D eigenvalue weighted by molar-refractivity contribution is 6.30. The molecule has 1 amide bonds. The Morgan fingerprint density at radius 1 is 0.943 bits per heavy atom. The fraction of sp³-hybridized carbons (Fsp3) is 0.143. The van der Waals surface area contributed by atoms with Gasteiger partial charge in [0.2, 0.25) is 0 Å². The fourth-order valence-corrected chi connectivity index (χ4v) is 3.62. The predicted octanol–water partition coefficient (Wildman–Crippen LogP) is 6.46. The van der Waals surface area contributed by atoms with Crippen LogP contribution in [0.3, 0.4) is 0 Å². The van der Waals surface area contributed by atoms with Crippen molar-refractivity contribution in [3.8, 4) is 11.5 Å². The third-order valence-electron chi connectivity index (χ3n) is 5.13. The van der Waals surface area contributed by atoms with Gasteiger partial charge in [0.1, 0.15) is 6.61 Å². The van der Waals surface area contributed by atoms with Gasteiger partial charge in [0.25, 0.3) is 5.91 Å². The Balaban J connectivity index is 1.35. The van der Waals surface area contributed by atoms with Crippen molar-refractivity contribution < 1.29 is 19.1 Å². The van der Waals surface area contributed by atoms with Gasteiger partial charge in [0, 0.05) is 16.3 Å². The van der Waals surface area contributed by atoms with E-state index in [1.807, 2.05) is 43.3 Å². The molecule has 0 saturated heterocycles. The lowest BCUT2D eigenvalue weighted by atomic mass is 10.1. The second kappa shape index (κ2) is 11.9. The van der Waals surface area contributed by atoms with Crippen molar-refractivity contribution in [3.63, 3.8) is 0 Å². The number of fused-ring (bicyclic) bond motifs is 1. The highest BCUT2D eigenvalue weighted by Gasteiger charge is 2.08. The number of nitrogens with zero attached hydrogens (tertiary/aromatic N) is 1. The number of nitrogens with one attached hydrogen (secondary N) is 1. The molecule has 0 bridgehead atoms. The van der Waals surface area contributed by atoms with Crippen LogP contribution in [0.1, 0.15) is 18.1 Å². The minimum atomic E-state index is -0.323. The maximum atomic E-state index is 12.0. The van der Waals surface area contributed by atoms with Gasteiger partial charge in [0.05, 0.1) is 12.8 Å². The van der Waals surface area contributed by atoms with Gasteiger partial charge >= 0.3 is 0 Å². The molecule has 0 saturated carbocycles. The summed E-state index contributed by atoms with van der Waals surface area (Å²) >= 11 is 5.84. The molecule has 7 heteroatoms. The summed E-state index contributed by atoms with van der Waals surface area (Å²) in [5, 5.41) is 9.53. The SMILES string of the molecule is CCOc1cc(/C=N/OCC(=O)Nc2ccc(Cl)cc2)ccc1OCc1cccc2ccccc12. The zero-order valence-electron chi connectivity index (χ0n) is 19.2. The van der Waals surface area contributed by atoms with Gasteiger partial charge < -0.3 is 19.6 Å². The molecular weight excluding hydrogens is 464 g/mol. The number of carbonyl (C=O) groups is 1. The zero-order valence-corrected chi connectivity index (χ0v) is 20.0. The number of oxime groups is 1. The summed E-state index contributed by atoms with van der Waals surface area (Å²) in [4.78, 5) is 17.1. The molecule has 1 N–H and O–H groups in total. The molecule has 4 aromatic rings. The third kappa shape index (κ3) is 6.74. The lowest BCUT2D eigenvalue weighted by Gasteiger charge is -2.13. The molecular formula is C28H25ClN2O4. The summed E-state index contributed by atoms with van der Waals surface area (Å²) < 4.78 is 11.9. The Hall–Kier alpha value is -4.03. The zero-order chi connectivity index (χ0) is 24.5. The van der Waals surface area contributed by atoms with Gasteiger partial charge in [-0.25, -0.2) is 0 Å².